The van der Waals surface area contributed by atoms with Crippen LogP contribution in [0.4, 0.5) is 0 Å². The molecule has 0 bridgehead atoms. The SMILES string of the molecule is [CH-]=C/C=C/CCO[Si](C(C)C)(C(C)C)C(C)C.[CH-]=C/C=C/CCO[Si](C(C)C)(C(C)C)C(C)C.[Zn+2]. The molecule has 0 spiro atoms. The average molecular weight is 572 g/mol. The molecule has 200 valence electrons. The molecule has 0 heterocycles. The van der Waals surface area contributed by atoms with Gasteiger partial charge in [0.2, 0.25) is 0 Å². The largest absolute Gasteiger partial charge is 2.00 e. The van der Waals surface area contributed by atoms with Crippen LogP contribution < -0.4 is 0 Å². The van der Waals surface area contributed by atoms with E-state index in [1.165, 1.54) is 0 Å². The molecule has 0 N–H and O–H groups in total. The molecule has 0 unspecified atom stereocenters. The number of hydrogen-bond acceptors (Lipinski definition) is 2. The van der Waals surface area contributed by atoms with Crippen molar-refractivity contribution in [2.75, 3.05) is 13.2 Å². The minimum atomic E-state index is -1.66. The third-order valence-electron chi connectivity index (χ3n) is 7.18. The van der Waals surface area contributed by atoms with Crippen LogP contribution in [-0.2, 0) is 28.3 Å². The standard InChI is InChI=1S/2C15H29OSi.Zn/c2*1-8-9-10-11-12-16-17(13(2)3,14(4)5)15(6)7;/h2*1,8-10,13-15H,11-12H2,2-7H3;/q2*-1;+2/b2*10-9+;. The van der Waals surface area contributed by atoms with Gasteiger partial charge in [0.15, 0.2) is 16.6 Å². The van der Waals surface area contributed by atoms with Gasteiger partial charge in [0.25, 0.3) is 0 Å². The van der Waals surface area contributed by atoms with Crippen molar-refractivity contribution in [3.63, 3.8) is 0 Å². The molecule has 0 aliphatic rings. The van der Waals surface area contributed by atoms with Crippen LogP contribution >= 0.6 is 0 Å². The summed E-state index contributed by atoms with van der Waals surface area (Å²) in [5.41, 5.74) is 3.96. The van der Waals surface area contributed by atoms with Gasteiger partial charge in [-0.15, -0.1) is 0 Å². The van der Waals surface area contributed by atoms with Crippen molar-refractivity contribution in [2.45, 2.75) is 129 Å². The molecular formula is C30H58O2Si2Zn. The zero-order valence-corrected chi connectivity index (χ0v) is 30.4. The van der Waals surface area contributed by atoms with Gasteiger partial charge in [0, 0.05) is 13.2 Å². The van der Waals surface area contributed by atoms with E-state index in [9.17, 15) is 0 Å². The first-order valence-electron chi connectivity index (χ1n) is 13.5. The van der Waals surface area contributed by atoms with E-state index in [0.717, 1.165) is 26.1 Å². The van der Waals surface area contributed by atoms with E-state index < -0.39 is 16.6 Å². The molecule has 0 aromatic rings. The van der Waals surface area contributed by atoms with Gasteiger partial charge in [-0.05, 0) is 46.1 Å². The number of rotatable bonds is 16. The van der Waals surface area contributed by atoms with E-state index in [2.05, 4.69) is 95.2 Å². The van der Waals surface area contributed by atoms with E-state index in [-0.39, 0.29) is 19.5 Å². The van der Waals surface area contributed by atoms with E-state index in [1.54, 1.807) is 12.2 Å². The Labute approximate surface area is 236 Å². The van der Waals surface area contributed by atoms with E-state index in [4.69, 9.17) is 22.0 Å². The van der Waals surface area contributed by atoms with Gasteiger partial charge in [0.05, 0.1) is 0 Å². The molecule has 0 radical (unpaired) electrons. The summed E-state index contributed by atoms with van der Waals surface area (Å²) in [7, 11) is -3.33. The van der Waals surface area contributed by atoms with Gasteiger partial charge in [0.1, 0.15) is 0 Å². The molecule has 35 heavy (non-hydrogen) atoms. The zero-order valence-electron chi connectivity index (χ0n) is 25.4. The predicted molar refractivity (Wildman–Crippen MR) is 159 cm³/mol. The van der Waals surface area contributed by atoms with Crippen molar-refractivity contribution in [1.29, 1.82) is 0 Å². The minimum absolute atomic E-state index is 0. The summed E-state index contributed by atoms with van der Waals surface area (Å²) in [6, 6.07) is 0. The summed E-state index contributed by atoms with van der Waals surface area (Å²) in [6.07, 6.45) is 12.9. The Bertz CT molecular complexity index is 498. The third-order valence-corrected chi connectivity index (χ3v) is 19.4. The van der Waals surface area contributed by atoms with E-state index >= 15 is 0 Å². The molecular weight excluding hydrogens is 514 g/mol. The first-order valence-corrected chi connectivity index (χ1v) is 17.7. The smallest absolute Gasteiger partial charge is 0.416 e. The van der Waals surface area contributed by atoms with Gasteiger partial charge in [-0.1, -0.05) is 83.1 Å². The summed E-state index contributed by atoms with van der Waals surface area (Å²) in [5, 5.41) is 0. The fourth-order valence-corrected chi connectivity index (χ4v) is 16.9. The molecule has 0 aliphatic heterocycles. The van der Waals surface area contributed by atoms with Gasteiger partial charge >= 0.3 is 19.5 Å². The summed E-state index contributed by atoms with van der Waals surface area (Å²) >= 11 is 0. The van der Waals surface area contributed by atoms with Crippen LogP contribution in [0.25, 0.3) is 0 Å². The first-order chi connectivity index (χ1) is 15.8. The Balaban J connectivity index is -0.000000569. The van der Waals surface area contributed by atoms with Crippen molar-refractivity contribution < 1.29 is 28.3 Å². The van der Waals surface area contributed by atoms with Crippen molar-refractivity contribution in [3.8, 4) is 0 Å². The quantitative estimate of drug-likeness (QED) is 0.0793. The van der Waals surface area contributed by atoms with Crippen LogP contribution in [-0.4, -0.2) is 29.8 Å². The Morgan fingerprint density at radius 3 is 0.914 bits per heavy atom. The number of allylic oxidation sites excluding steroid dienone is 4. The molecule has 5 heteroatoms. The summed E-state index contributed by atoms with van der Waals surface area (Å²) in [6.45, 7) is 40.0. The second-order valence-electron chi connectivity index (χ2n) is 11.2. The topological polar surface area (TPSA) is 18.5 Å². The second kappa shape index (κ2) is 20.9. The average Bonchev–Trinajstić information content (AvgIpc) is 2.72. The van der Waals surface area contributed by atoms with Crippen molar-refractivity contribution >= 4 is 16.6 Å². The summed E-state index contributed by atoms with van der Waals surface area (Å²) in [5.74, 6) is 0. The Kier molecular flexibility index (Phi) is 23.6. The Hall–Kier alpha value is -0.0629. The summed E-state index contributed by atoms with van der Waals surface area (Å²) in [4.78, 5) is 0. The van der Waals surface area contributed by atoms with Gasteiger partial charge in [-0.3, -0.25) is 13.2 Å². The number of hydrogen-bond donors (Lipinski definition) is 0. The Morgan fingerprint density at radius 1 is 0.514 bits per heavy atom. The van der Waals surface area contributed by atoms with E-state index in [1.807, 2.05) is 12.2 Å². The van der Waals surface area contributed by atoms with Crippen LogP contribution in [0, 0.1) is 13.2 Å². The van der Waals surface area contributed by atoms with Crippen molar-refractivity contribution in [3.05, 3.63) is 49.6 Å². The second-order valence-corrected chi connectivity index (χ2v) is 22.1. The molecule has 0 aromatic heterocycles. The molecule has 0 amide bonds. The predicted octanol–water partition coefficient (Wildman–Crippen LogP) is 10.2. The van der Waals surface area contributed by atoms with Crippen LogP contribution in [0.2, 0.25) is 33.2 Å². The van der Waals surface area contributed by atoms with Gasteiger partial charge in [-0.25, -0.2) is 24.3 Å². The minimum Gasteiger partial charge on any atom is -0.416 e. The molecule has 0 saturated carbocycles. The van der Waals surface area contributed by atoms with Gasteiger partial charge < -0.3 is 8.85 Å². The first kappa shape index (κ1) is 39.4. The van der Waals surface area contributed by atoms with Crippen LogP contribution in [0.5, 0.6) is 0 Å². The third kappa shape index (κ3) is 12.8. The molecule has 0 rings (SSSR count). The van der Waals surface area contributed by atoms with Crippen molar-refractivity contribution in [2.24, 2.45) is 0 Å². The van der Waals surface area contributed by atoms with Crippen molar-refractivity contribution in [1.82, 2.24) is 0 Å². The van der Waals surface area contributed by atoms with Crippen LogP contribution in [0.15, 0.2) is 36.5 Å². The monoisotopic (exact) mass is 570 g/mol. The van der Waals surface area contributed by atoms with Crippen LogP contribution in [0.1, 0.15) is 95.9 Å². The fourth-order valence-electron chi connectivity index (χ4n) is 5.96. The Morgan fingerprint density at radius 2 is 0.743 bits per heavy atom. The van der Waals surface area contributed by atoms with E-state index in [0.29, 0.717) is 33.2 Å². The van der Waals surface area contributed by atoms with Gasteiger partial charge in [-0.2, -0.15) is 12.2 Å². The van der Waals surface area contributed by atoms with Crippen LogP contribution in [0.3, 0.4) is 0 Å². The maximum atomic E-state index is 6.39. The molecule has 0 fully saturated rings. The maximum absolute atomic E-state index is 6.39. The molecule has 0 saturated heterocycles. The molecule has 2 nitrogen and oxygen atoms in total. The zero-order chi connectivity index (χ0) is 26.9. The molecule has 0 aliphatic carbocycles. The molecule has 0 aromatic carbocycles. The fraction of sp³-hybridized carbons (Fsp3) is 0.733. The maximum Gasteiger partial charge on any atom is 2.00 e. The normalized spacial score (nSPS) is 12.9. The summed E-state index contributed by atoms with van der Waals surface area (Å²) < 4.78 is 12.8. The molecule has 0 atom stereocenters.